The predicted molar refractivity (Wildman–Crippen MR) is 58.0 cm³/mol. The number of rotatable bonds is 3. The number of aromatic nitrogens is 2. The molecular weight excluding hydrogens is 206 g/mol. The average Bonchev–Trinajstić information content (AvgIpc) is 2.66. The highest BCUT2D eigenvalue weighted by Crippen LogP contribution is 2.12. The van der Waals surface area contributed by atoms with Gasteiger partial charge in [0, 0.05) is 38.4 Å². The number of aryl methyl sites for hydroxylation is 1. The molecule has 5 nitrogen and oxygen atoms in total. The summed E-state index contributed by atoms with van der Waals surface area (Å²) in [5.41, 5.74) is 0. The van der Waals surface area contributed by atoms with E-state index >= 15 is 0 Å². The summed E-state index contributed by atoms with van der Waals surface area (Å²) in [7, 11) is 0. The molecule has 2 heterocycles. The summed E-state index contributed by atoms with van der Waals surface area (Å²) >= 11 is 0. The van der Waals surface area contributed by atoms with Gasteiger partial charge in [-0.1, -0.05) is 12.1 Å². The van der Waals surface area contributed by atoms with Crippen molar-refractivity contribution in [1.82, 2.24) is 15.0 Å². The number of ketones is 1. The quantitative estimate of drug-likeness (QED) is 0.759. The summed E-state index contributed by atoms with van der Waals surface area (Å²) in [6.45, 7) is 6.40. The maximum absolute atomic E-state index is 11.3. The zero-order chi connectivity index (χ0) is 11.5. The van der Waals surface area contributed by atoms with Crippen LogP contribution in [0.2, 0.25) is 0 Å². The van der Waals surface area contributed by atoms with Gasteiger partial charge in [-0.2, -0.15) is 4.98 Å². The number of nitrogens with zero attached hydrogens (tertiary/aromatic N) is 3. The summed E-state index contributed by atoms with van der Waals surface area (Å²) in [4.78, 5) is 17.8. The Labute approximate surface area is 94.8 Å². The minimum absolute atomic E-state index is 0.165. The normalized spacial score (nSPS) is 22.6. The molecule has 0 N–H and O–H groups in total. The van der Waals surface area contributed by atoms with Crippen molar-refractivity contribution in [3.8, 4) is 0 Å². The van der Waals surface area contributed by atoms with E-state index in [0.29, 0.717) is 23.9 Å². The van der Waals surface area contributed by atoms with E-state index in [9.17, 15) is 4.79 Å². The molecule has 0 saturated carbocycles. The Morgan fingerprint density at radius 2 is 2.38 bits per heavy atom. The second kappa shape index (κ2) is 4.74. The Bertz CT molecular complexity index is 375. The monoisotopic (exact) mass is 223 g/mol. The van der Waals surface area contributed by atoms with Crippen molar-refractivity contribution < 1.29 is 9.32 Å². The minimum atomic E-state index is 0.165. The Balaban J connectivity index is 1.80. The fourth-order valence-electron chi connectivity index (χ4n) is 1.99. The number of hydrogen-bond acceptors (Lipinski definition) is 5. The van der Waals surface area contributed by atoms with Gasteiger partial charge in [-0.05, 0) is 6.92 Å². The van der Waals surface area contributed by atoms with Crippen LogP contribution < -0.4 is 0 Å². The van der Waals surface area contributed by atoms with Crippen LogP contribution in [-0.4, -0.2) is 40.5 Å². The molecule has 1 aromatic heterocycles. The summed E-state index contributed by atoms with van der Waals surface area (Å²) in [6.07, 6.45) is 1.44. The molecule has 0 radical (unpaired) electrons. The molecule has 1 aliphatic rings. The molecular formula is C11H17N3O2. The fourth-order valence-corrected chi connectivity index (χ4v) is 1.99. The van der Waals surface area contributed by atoms with E-state index in [1.165, 1.54) is 0 Å². The maximum atomic E-state index is 11.3. The molecule has 88 valence electrons. The number of carbonyl (C=O) groups excluding carboxylic acids is 1. The SMILES string of the molecule is Cc1noc(CCN2CCC(=O)C(C)C2)n1. The van der Waals surface area contributed by atoms with Gasteiger partial charge in [-0.3, -0.25) is 4.79 Å². The summed E-state index contributed by atoms with van der Waals surface area (Å²) in [5, 5.41) is 3.75. The van der Waals surface area contributed by atoms with E-state index in [-0.39, 0.29) is 5.92 Å². The van der Waals surface area contributed by atoms with Crippen molar-refractivity contribution in [3.63, 3.8) is 0 Å². The third kappa shape index (κ3) is 2.66. The largest absolute Gasteiger partial charge is 0.339 e. The third-order valence-electron chi connectivity index (χ3n) is 2.97. The third-order valence-corrected chi connectivity index (χ3v) is 2.97. The molecule has 5 heteroatoms. The topological polar surface area (TPSA) is 59.2 Å². The number of carbonyl (C=O) groups is 1. The summed E-state index contributed by atoms with van der Waals surface area (Å²) < 4.78 is 5.05. The molecule has 0 bridgehead atoms. The number of hydrogen-bond donors (Lipinski definition) is 0. The van der Waals surface area contributed by atoms with Crippen molar-refractivity contribution in [1.29, 1.82) is 0 Å². The van der Waals surface area contributed by atoms with E-state index in [2.05, 4.69) is 15.0 Å². The maximum Gasteiger partial charge on any atom is 0.227 e. The number of likely N-dealkylation sites (tertiary alicyclic amines) is 1. The lowest BCUT2D eigenvalue weighted by atomic mass is 9.98. The molecule has 1 fully saturated rings. The van der Waals surface area contributed by atoms with E-state index in [1.807, 2.05) is 13.8 Å². The van der Waals surface area contributed by atoms with Gasteiger partial charge in [-0.15, -0.1) is 0 Å². The zero-order valence-corrected chi connectivity index (χ0v) is 9.77. The highest BCUT2D eigenvalue weighted by Gasteiger charge is 2.23. The second-order valence-electron chi connectivity index (χ2n) is 4.40. The smallest absolute Gasteiger partial charge is 0.227 e. The van der Waals surface area contributed by atoms with Gasteiger partial charge in [0.2, 0.25) is 5.89 Å². The first-order chi connectivity index (χ1) is 7.65. The van der Waals surface area contributed by atoms with Crippen molar-refractivity contribution in [2.45, 2.75) is 26.7 Å². The van der Waals surface area contributed by atoms with Crippen LogP contribution in [0, 0.1) is 12.8 Å². The van der Waals surface area contributed by atoms with Crippen LogP contribution in [0.25, 0.3) is 0 Å². The van der Waals surface area contributed by atoms with Gasteiger partial charge < -0.3 is 9.42 Å². The molecule has 0 spiro atoms. The molecule has 0 amide bonds. The van der Waals surface area contributed by atoms with Crippen LogP contribution in [-0.2, 0) is 11.2 Å². The van der Waals surface area contributed by atoms with Crippen molar-refractivity contribution in [3.05, 3.63) is 11.7 Å². The Morgan fingerprint density at radius 3 is 3.00 bits per heavy atom. The molecule has 1 aromatic rings. The molecule has 1 unspecified atom stereocenters. The molecule has 2 rings (SSSR count). The molecule has 0 aliphatic carbocycles. The Kier molecular flexibility index (Phi) is 3.33. The van der Waals surface area contributed by atoms with Gasteiger partial charge in [0.25, 0.3) is 0 Å². The lowest BCUT2D eigenvalue weighted by Gasteiger charge is -2.29. The first-order valence-corrected chi connectivity index (χ1v) is 5.69. The molecule has 1 atom stereocenters. The standard InChI is InChI=1S/C11H17N3O2/c1-8-7-14(5-3-10(8)15)6-4-11-12-9(2)13-16-11/h8H,3-7H2,1-2H3. The predicted octanol–water partition coefficient (Wildman–Crippen LogP) is 0.831. The van der Waals surface area contributed by atoms with Crippen molar-refractivity contribution >= 4 is 5.78 Å². The Morgan fingerprint density at radius 1 is 1.56 bits per heavy atom. The van der Waals surface area contributed by atoms with Crippen LogP contribution >= 0.6 is 0 Å². The minimum Gasteiger partial charge on any atom is -0.339 e. The number of Topliss-reactive ketones (excluding diaryl/α,β-unsaturated/α-hetero) is 1. The van der Waals surface area contributed by atoms with Crippen molar-refractivity contribution in [2.75, 3.05) is 19.6 Å². The van der Waals surface area contributed by atoms with Crippen LogP contribution in [0.5, 0.6) is 0 Å². The highest BCUT2D eigenvalue weighted by atomic mass is 16.5. The first kappa shape index (κ1) is 11.3. The van der Waals surface area contributed by atoms with Crippen LogP contribution in [0.15, 0.2) is 4.52 Å². The van der Waals surface area contributed by atoms with E-state index in [4.69, 9.17) is 4.52 Å². The second-order valence-corrected chi connectivity index (χ2v) is 4.40. The van der Waals surface area contributed by atoms with Crippen LogP contribution in [0.3, 0.4) is 0 Å². The highest BCUT2D eigenvalue weighted by molar-refractivity contribution is 5.81. The lowest BCUT2D eigenvalue weighted by molar-refractivity contribution is -0.125. The van der Waals surface area contributed by atoms with Crippen LogP contribution in [0.4, 0.5) is 0 Å². The zero-order valence-electron chi connectivity index (χ0n) is 9.77. The van der Waals surface area contributed by atoms with E-state index < -0.39 is 0 Å². The molecule has 1 saturated heterocycles. The van der Waals surface area contributed by atoms with Crippen LogP contribution in [0.1, 0.15) is 25.1 Å². The lowest BCUT2D eigenvalue weighted by Crippen LogP contribution is -2.40. The van der Waals surface area contributed by atoms with E-state index in [1.54, 1.807) is 0 Å². The molecule has 0 aromatic carbocycles. The van der Waals surface area contributed by atoms with E-state index in [0.717, 1.165) is 26.1 Å². The first-order valence-electron chi connectivity index (χ1n) is 5.69. The average molecular weight is 223 g/mol. The summed E-state index contributed by atoms with van der Waals surface area (Å²) in [6, 6.07) is 0. The van der Waals surface area contributed by atoms with Crippen molar-refractivity contribution in [2.24, 2.45) is 5.92 Å². The van der Waals surface area contributed by atoms with Gasteiger partial charge in [-0.25, -0.2) is 0 Å². The van der Waals surface area contributed by atoms with Gasteiger partial charge in [0.15, 0.2) is 5.82 Å². The van der Waals surface area contributed by atoms with Gasteiger partial charge in [0.05, 0.1) is 0 Å². The fraction of sp³-hybridized carbons (Fsp3) is 0.727. The Hall–Kier alpha value is -1.23. The van der Waals surface area contributed by atoms with Gasteiger partial charge in [0.1, 0.15) is 5.78 Å². The summed E-state index contributed by atoms with van der Waals surface area (Å²) in [5.74, 6) is 1.90. The number of piperidine rings is 1. The molecule has 1 aliphatic heterocycles. The molecule has 16 heavy (non-hydrogen) atoms. The van der Waals surface area contributed by atoms with Gasteiger partial charge >= 0.3 is 0 Å².